The molecule has 6 N–H and O–H groups in total. The Kier molecular flexibility index (Phi) is 11.3. The van der Waals surface area contributed by atoms with E-state index >= 15 is 0 Å². The molecule has 2 unspecified atom stereocenters. The van der Waals surface area contributed by atoms with Gasteiger partial charge in [0.05, 0.1) is 33.5 Å². The maximum Gasteiger partial charge on any atom is 0.228 e. The number of aromatic nitrogens is 4. The second-order valence-electron chi connectivity index (χ2n) is 13.9. The largest absolute Gasteiger partial charge is 0.611 e. The van der Waals surface area contributed by atoms with Crippen LogP contribution in [0.2, 0.25) is 0 Å². The molecule has 0 amide bonds. The minimum absolute atomic E-state index is 0.394. The van der Waals surface area contributed by atoms with Gasteiger partial charge in [0.1, 0.15) is 17.4 Å². The molecule has 0 saturated carbocycles. The summed E-state index contributed by atoms with van der Waals surface area (Å²) in [7, 11) is 0. The van der Waals surface area contributed by atoms with Crippen molar-refractivity contribution in [2.45, 2.75) is 50.7 Å². The SMILES string of the molecule is Cc1cc2nc(N3CCNc4ccccc4C3)nc(NCCCN)c2s1.Cc1cc2nc(N3CC[S+]([O-])c4ccccc4C3)nc(NC3CCNC3)c2s1. The number of nitrogens with one attached hydrogen (secondary N) is 4. The number of nitrogens with two attached hydrogens (primary N) is 1. The third-order valence-corrected chi connectivity index (χ3v) is 13.3. The Balaban J connectivity index is 0.000000154. The van der Waals surface area contributed by atoms with E-state index in [2.05, 4.69) is 87.4 Å². The van der Waals surface area contributed by atoms with Crippen molar-refractivity contribution in [2.24, 2.45) is 5.73 Å². The van der Waals surface area contributed by atoms with E-state index < -0.39 is 11.2 Å². The van der Waals surface area contributed by atoms with E-state index in [9.17, 15) is 4.55 Å². The van der Waals surface area contributed by atoms with Crippen LogP contribution in [0, 0.1) is 13.8 Å². The number of thiophene rings is 2. The molecule has 0 aliphatic carbocycles. The average molecular weight is 782 g/mol. The summed E-state index contributed by atoms with van der Waals surface area (Å²) in [6, 6.07) is 21.1. The molecule has 6 aromatic rings. The summed E-state index contributed by atoms with van der Waals surface area (Å²) >= 11 is 2.49. The molecule has 7 heterocycles. The Morgan fingerprint density at radius 1 is 0.852 bits per heavy atom. The molecule has 282 valence electrons. The molecule has 2 aromatic carbocycles. The summed E-state index contributed by atoms with van der Waals surface area (Å²) in [5.74, 6) is 3.93. The van der Waals surface area contributed by atoms with E-state index in [0.717, 1.165) is 101 Å². The average Bonchev–Trinajstić information content (AvgIpc) is 3.86. The van der Waals surface area contributed by atoms with Gasteiger partial charge in [-0.15, -0.1) is 22.7 Å². The van der Waals surface area contributed by atoms with Crippen molar-refractivity contribution in [2.75, 3.05) is 77.3 Å². The minimum Gasteiger partial charge on any atom is -0.611 e. The Labute approximate surface area is 327 Å². The minimum atomic E-state index is -0.978. The molecule has 1 fully saturated rings. The number of hydrogen-bond donors (Lipinski definition) is 5. The highest BCUT2D eigenvalue weighted by Crippen LogP contribution is 2.34. The summed E-state index contributed by atoms with van der Waals surface area (Å²) in [5.41, 5.74) is 11.2. The van der Waals surface area contributed by atoms with E-state index in [1.807, 2.05) is 18.2 Å². The van der Waals surface area contributed by atoms with Gasteiger partial charge < -0.3 is 41.4 Å². The van der Waals surface area contributed by atoms with E-state index in [1.165, 1.54) is 21.0 Å². The number of rotatable bonds is 8. The molecule has 3 aliphatic heterocycles. The molecule has 54 heavy (non-hydrogen) atoms. The van der Waals surface area contributed by atoms with E-state index in [1.54, 1.807) is 22.7 Å². The summed E-state index contributed by atoms with van der Waals surface area (Å²) in [4.78, 5) is 27.3. The topological polar surface area (TPSA) is 155 Å². The number of anilines is 5. The maximum atomic E-state index is 12.6. The molecule has 0 spiro atoms. The highest BCUT2D eigenvalue weighted by atomic mass is 32.2. The first-order valence-corrected chi connectivity index (χ1v) is 21.6. The predicted octanol–water partition coefficient (Wildman–Crippen LogP) is 6.09. The lowest BCUT2D eigenvalue weighted by Crippen LogP contribution is -2.28. The quantitative estimate of drug-likeness (QED) is 0.0897. The van der Waals surface area contributed by atoms with Gasteiger partial charge in [-0.1, -0.05) is 36.4 Å². The Bertz CT molecular complexity index is 2220. The van der Waals surface area contributed by atoms with Crippen molar-refractivity contribution in [3.8, 4) is 0 Å². The van der Waals surface area contributed by atoms with Crippen LogP contribution in [0.4, 0.5) is 29.2 Å². The first-order valence-electron chi connectivity index (χ1n) is 18.7. The fraction of sp³-hybridized carbons (Fsp3) is 0.385. The number of benzene rings is 2. The van der Waals surface area contributed by atoms with E-state index in [4.69, 9.17) is 25.7 Å². The number of hydrogen-bond acceptors (Lipinski definition) is 14. The van der Waals surface area contributed by atoms with Gasteiger partial charge in [-0.05, 0) is 80.8 Å². The van der Waals surface area contributed by atoms with Crippen molar-refractivity contribution in [3.05, 3.63) is 81.5 Å². The lowest BCUT2D eigenvalue weighted by molar-refractivity contribution is 0.595. The third-order valence-electron chi connectivity index (χ3n) is 9.81. The molecule has 4 aromatic heterocycles. The first kappa shape index (κ1) is 36.7. The van der Waals surface area contributed by atoms with Gasteiger partial charge in [-0.25, -0.2) is 9.97 Å². The van der Waals surface area contributed by atoms with Crippen molar-refractivity contribution in [1.29, 1.82) is 0 Å². The lowest BCUT2D eigenvalue weighted by Gasteiger charge is -2.21. The summed E-state index contributed by atoms with van der Waals surface area (Å²) in [6.45, 7) is 11.6. The fourth-order valence-corrected chi connectivity index (χ4v) is 10.2. The third kappa shape index (κ3) is 8.21. The van der Waals surface area contributed by atoms with E-state index in [-0.39, 0.29) is 0 Å². The van der Waals surface area contributed by atoms with E-state index in [0.29, 0.717) is 37.4 Å². The predicted molar refractivity (Wildman–Crippen MR) is 226 cm³/mol. The number of fused-ring (bicyclic) bond motifs is 4. The second-order valence-corrected chi connectivity index (χ2v) is 17.9. The van der Waals surface area contributed by atoms with Gasteiger partial charge in [0.25, 0.3) is 0 Å². The zero-order chi connectivity index (χ0) is 37.0. The smallest absolute Gasteiger partial charge is 0.228 e. The normalized spacial score (nSPS) is 18.3. The van der Waals surface area contributed by atoms with Crippen LogP contribution in [0.1, 0.15) is 33.7 Å². The van der Waals surface area contributed by atoms with Crippen molar-refractivity contribution < 1.29 is 4.55 Å². The summed E-state index contributed by atoms with van der Waals surface area (Å²) in [6.07, 6.45) is 2.02. The van der Waals surface area contributed by atoms with Crippen LogP contribution in [-0.2, 0) is 24.3 Å². The molecule has 9 rings (SSSR count). The molecule has 2 atom stereocenters. The number of nitrogens with zero attached hydrogens (tertiary/aromatic N) is 6. The Morgan fingerprint density at radius 3 is 2.26 bits per heavy atom. The zero-order valence-corrected chi connectivity index (χ0v) is 33.2. The zero-order valence-electron chi connectivity index (χ0n) is 30.7. The molecule has 15 heteroatoms. The molecular formula is C39H47N11OS3. The highest BCUT2D eigenvalue weighted by molar-refractivity contribution is 7.91. The van der Waals surface area contributed by atoms with Gasteiger partial charge >= 0.3 is 0 Å². The fourth-order valence-electron chi connectivity index (χ4n) is 7.08. The molecule has 0 bridgehead atoms. The van der Waals surface area contributed by atoms with Gasteiger partial charge in [-0.3, -0.25) is 0 Å². The monoisotopic (exact) mass is 781 g/mol. The number of para-hydroxylation sites is 1. The van der Waals surface area contributed by atoms with Crippen LogP contribution in [0.3, 0.4) is 0 Å². The Morgan fingerprint density at radius 2 is 1.52 bits per heavy atom. The van der Waals surface area contributed by atoms with Crippen molar-refractivity contribution in [1.82, 2.24) is 25.3 Å². The van der Waals surface area contributed by atoms with Gasteiger partial charge in [0, 0.05) is 59.8 Å². The first-order chi connectivity index (χ1) is 26.4. The lowest BCUT2D eigenvalue weighted by atomic mass is 10.2. The van der Waals surface area contributed by atoms with Gasteiger partial charge in [0.2, 0.25) is 11.9 Å². The molecular weight excluding hydrogens is 735 g/mol. The van der Waals surface area contributed by atoms with Gasteiger partial charge in [0.15, 0.2) is 4.90 Å². The molecule has 1 saturated heterocycles. The van der Waals surface area contributed by atoms with Crippen LogP contribution < -0.4 is 36.8 Å². The maximum absolute atomic E-state index is 12.6. The van der Waals surface area contributed by atoms with Gasteiger partial charge in [-0.2, -0.15) is 9.97 Å². The van der Waals surface area contributed by atoms with Crippen molar-refractivity contribution >= 4 is 83.5 Å². The summed E-state index contributed by atoms with van der Waals surface area (Å²) in [5, 5.41) is 14.0. The second kappa shape index (κ2) is 16.6. The molecule has 0 radical (unpaired) electrons. The van der Waals surface area contributed by atoms with Crippen molar-refractivity contribution in [3.63, 3.8) is 0 Å². The Hall–Kier alpha value is -4.25. The molecule has 12 nitrogen and oxygen atoms in total. The standard InChI is InChI=1S/C20H23N5OS2.C19H24N6S/c1-13-10-16-18(27-13)19(22-15-6-7-21-11-15)24-20(23-16)25-8-9-28(26)17-5-3-2-4-14(17)12-25;1-13-11-16-17(26-13)18(22-8-4-7-20)24-19(23-16)25-10-9-21-15-6-3-2-5-14(15)12-25/h2-5,10,15,21H,6-9,11-12H2,1H3,(H,22,23,24);2-3,5-6,11,21H,4,7-10,12,20H2,1H3,(H,22,23,24). The van der Waals surface area contributed by atoms with Crippen LogP contribution in [0.15, 0.2) is 65.6 Å². The van der Waals surface area contributed by atoms with Crippen LogP contribution in [-0.4, -0.2) is 82.1 Å². The highest BCUT2D eigenvalue weighted by Gasteiger charge is 2.27. The van der Waals surface area contributed by atoms with Crippen LogP contribution in [0.25, 0.3) is 20.4 Å². The molecule has 3 aliphatic rings. The van der Waals surface area contributed by atoms with Crippen LogP contribution in [0.5, 0.6) is 0 Å². The summed E-state index contributed by atoms with van der Waals surface area (Å²) < 4.78 is 14.9. The van der Waals surface area contributed by atoms with Crippen LogP contribution >= 0.6 is 22.7 Å². The number of aryl methyl sites for hydroxylation is 2.